The molecule has 0 aromatic heterocycles. The summed E-state index contributed by atoms with van der Waals surface area (Å²) >= 11 is 6.19. The highest BCUT2D eigenvalue weighted by Gasteiger charge is 2.46. The van der Waals surface area contributed by atoms with Crippen LogP contribution < -0.4 is 9.47 Å². The molecule has 2 aliphatic rings. The molecule has 4 rings (SSSR count). The summed E-state index contributed by atoms with van der Waals surface area (Å²) in [5, 5.41) is 11.6. The first kappa shape index (κ1) is 21.2. The third-order valence-corrected chi connectivity index (χ3v) is 5.54. The molecule has 0 spiro atoms. The van der Waals surface area contributed by atoms with Crippen molar-refractivity contribution in [1.82, 2.24) is 9.80 Å². The van der Waals surface area contributed by atoms with E-state index in [1.165, 1.54) is 4.90 Å². The van der Waals surface area contributed by atoms with Gasteiger partial charge in [-0.2, -0.15) is 0 Å². The highest BCUT2D eigenvalue weighted by atomic mass is 35.5. The maximum atomic E-state index is 13.0. The Balaban J connectivity index is 1.83. The van der Waals surface area contributed by atoms with Gasteiger partial charge in [0.1, 0.15) is 19.0 Å². The number of rotatable bonds is 5. The lowest BCUT2D eigenvalue weighted by Crippen LogP contribution is -2.35. The van der Waals surface area contributed by atoms with Crippen LogP contribution in [-0.4, -0.2) is 67.0 Å². The molecule has 2 heterocycles. The van der Waals surface area contributed by atoms with Crippen molar-refractivity contribution in [2.75, 3.05) is 40.4 Å². The Morgan fingerprint density at radius 3 is 2.58 bits per heavy atom. The largest absolute Gasteiger partial charge is 0.507 e. The number of aliphatic hydroxyl groups is 1. The number of Topliss-reactive ketones (excluding diaryl/α,β-unsaturated/α-hetero) is 1. The second kappa shape index (κ2) is 8.61. The fraction of sp³-hybridized carbons (Fsp3) is 0.304. The molecule has 2 aromatic carbocycles. The van der Waals surface area contributed by atoms with Crippen molar-refractivity contribution in [3.8, 4) is 11.5 Å². The number of benzene rings is 2. The molecule has 1 atom stereocenters. The van der Waals surface area contributed by atoms with E-state index in [1.54, 1.807) is 42.5 Å². The number of hydrogen-bond donors (Lipinski definition) is 1. The van der Waals surface area contributed by atoms with Crippen LogP contribution in [0, 0.1) is 0 Å². The van der Waals surface area contributed by atoms with Gasteiger partial charge in [-0.15, -0.1) is 0 Å². The molecule has 0 aliphatic carbocycles. The van der Waals surface area contributed by atoms with Crippen LogP contribution in [0.5, 0.6) is 11.5 Å². The van der Waals surface area contributed by atoms with Crippen LogP contribution >= 0.6 is 11.6 Å². The topological polar surface area (TPSA) is 79.3 Å². The molecule has 0 saturated carbocycles. The number of likely N-dealkylation sites (tertiary alicyclic amines) is 1. The predicted molar refractivity (Wildman–Crippen MR) is 116 cm³/mol. The van der Waals surface area contributed by atoms with E-state index in [0.29, 0.717) is 54.0 Å². The van der Waals surface area contributed by atoms with Crippen LogP contribution in [0.4, 0.5) is 0 Å². The SMILES string of the molecule is CN(C)CCN1C(=O)C(=O)/C(=C(\O)c2ccc3c(c2)OCCO3)C1c1cccc(Cl)c1. The first-order valence-electron chi connectivity index (χ1n) is 9.95. The van der Waals surface area contributed by atoms with Gasteiger partial charge in [-0.05, 0) is 50.0 Å². The number of ether oxygens (including phenoxy) is 2. The minimum Gasteiger partial charge on any atom is -0.507 e. The number of fused-ring (bicyclic) bond motifs is 1. The molecule has 31 heavy (non-hydrogen) atoms. The number of aliphatic hydroxyl groups excluding tert-OH is 1. The number of hydrogen-bond acceptors (Lipinski definition) is 6. The summed E-state index contributed by atoms with van der Waals surface area (Å²) in [5.41, 5.74) is 1.06. The highest BCUT2D eigenvalue weighted by molar-refractivity contribution is 6.46. The lowest BCUT2D eigenvalue weighted by molar-refractivity contribution is -0.140. The van der Waals surface area contributed by atoms with Crippen molar-refractivity contribution < 1.29 is 24.2 Å². The molecule has 7 nitrogen and oxygen atoms in total. The second-order valence-corrected chi connectivity index (χ2v) is 8.15. The van der Waals surface area contributed by atoms with Crippen molar-refractivity contribution in [3.05, 3.63) is 64.2 Å². The number of nitrogens with zero attached hydrogens (tertiary/aromatic N) is 2. The van der Waals surface area contributed by atoms with Gasteiger partial charge in [-0.3, -0.25) is 9.59 Å². The Morgan fingerprint density at radius 1 is 1.13 bits per heavy atom. The predicted octanol–water partition coefficient (Wildman–Crippen LogP) is 3.09. The van der Waals surface area contributed by atoms with E-state index in [-0.39, 0.29) is 11.3 Å². The van der Waals surface area contributed by atoms with Gasteiger partial charge in [0.2, 0.25) is 0 Å². The van der Waals surface area contributed by atoms with Crippen LogP contribution in [0.25, 0.3) is 5.76 Å². The van der Waals surface area contributed by atoms with E-state index in [9.17, 15) is 14.7 Å². The van der Waals surface area contributed by atoms with Crippen LogP contribution in [0.2, 0.25) is 5.02 Å². The molecule has 162 valence electrons. The summed E-state index contributed by atoms with van der Waals surface area (Å²) in [5.74, 6) is -0.577. The summed E-state index contributed by atoms with van der Waals surface area (Å²) in [6.45, 7) is 1.74. The minimum atomic E-state index is -0.744. The van der Waals surface area contributed by atoms with Gasteiger partial charge < -0.3 is 24.4 Å². The summed E-state index contributed by atoms with van der Waals surface area (Å²) in [6.07, 6.45) is 0. The molecule has 1 fully saturated rings. The fourth-order valence-electron chi connectivity index (χ4n) is 3.79. The molecule has 8 heteroatoms. The van der Waals surface area contributed by atoms with Crippen LogP contribution in [0.15, 0.2) is 48.0 Å². The molecule has 1 saturated heterocycles. The zero-order valence-corrected chi connectivity index (χ0v) is 18.1. The molecule has 1 amide bonds. The van der Waals surface area contributed by atoms with Crippen molar-refractivity contribution in [2.24, 2.45) is 0 Å². The van der Waals surface area contributed by atoms with E-state index in [4.69, 9.17) is 21.1 Å². The van der Waals surface area contributed by atoms with Gasteiger partial charge >= 0.3 is 0 Å². The molecule has 0 radical (unpaired) electrons. The summed E-state index contributed by atoms with van der Waals surface area (Å²) in [4.78, 5) is 29.3. The molecule has 1 N–H and O–H groups in total. The maximum Gasteiger partial charge on any atom is 0.295 e. The monoisotopic (exact) mass is 442 g/mol. The van der Waals surface area contributed by atoms with E-state index < -0.39 is 17.7 Å². The molecule has 2 aliphatic heterocycles. The third kappa shape index (κ3) is 4.11. The fourth-order valence-corrected chi connectivity index (χ4v) is 3.99. The molecular weight excluding hydrogens is 420 g/mol. The number of carbonyl (C=O) groups excluding carboxylic acids is 2. The quantitative estimate of drug-likeness (QED) is 0.435. The Morgan fingerprint density at radius 2 is 1.87 bits per heavy atom. The second-order valence-electron chi connectivity index (χ2n) is 7.71. The van der Waals surface area contributed by atoms with Gasteiger partial charge in [-0.1, -0.05) is 23.7 Å². The van der Waals surface area contributed by atoms with Crippen molar-refractivity contribution in [3.63, 3.8) is 0 Å². The Bertz CT molecular complexity index is 1070. The molecular formula is C23H23ClN2O5. The lowest BCUT2D eigenvalue weighted by atomic mass is 9.95. The Kier molecular flexibility index (Phi) is 5.89. The average Bonchev–Trinajstić information content (AvgIpc) is 3.01. The van der Waals surface area contributed by atoms with Gasteiger partial charge in [0.05, 0.1) is 11.6 Å². The first-order valence-corrected chi connectivity index (χ1v) is 10.3. The molecule has 1 unspecified atom stereocenters. The van der Waals surface area contributed by atoms with Crippen molar-refractivity contribution >= 4 is 29.1 Å². The third-order valence-electron chi connectivity index (χ3n) is 5.31. The van der Waals surface area contributed by atoms with Crippen molar-refractivity contribution in [2.45, 2.75) is 6.04 Å². The summed E-state index contributed by atoms with van der Waals surface area (Å²) in [6, 6.07) is 11.2. The van der Waals surface area contributed by atoms with Gasteiger partial charge in [0.25, 0.3) is 11.7 Å². The van der Waals surface area contributed by atoms with Crippen LogP contribution in [0.3, 0.4) is 0 Å². The average molecular weight is 443 g/mol. The van der Waals surface area contributed by atoms with Gasteiger partial charge in [0.15, 0.2) is 11.5 Å². The van der Waals surface area contributed by atoms with E-state index >= 15 is 0 Å². The van der Waals surface area contributed by atoms with Gasteiger partial charge in [-0.25, -0.2) is 0 Å². The summed E-state index contributed by atoms with van der Waals surface area (Å²) in [7, 11) is 3.78. The summed E-state index contributed by atoms with van der Waals surface area (Å²) < 4.78 is 11.1. The number of ketones is 1. The number of amides is 1. The van der Waals surface area contributed by atoms with E-state index in [2.05, 4.69) is 0 Å². The molecule has 0 bridgehead atoms. The van der Waals surface area contributed by atoms with Gasteiger partial charge in [0, 0.05) is 23.7 Å². The zero-order valence-electron chi connectivity index (χ0n) is 17.3. The Hall–Kier alpha value is -3.03. The zero-order chi connectivity index (χ0) is 22.1. The minimum absolute atomic E-state index is 0.0303. The van der Waals surface area contributed by atoms with E-state index in [0.717, 1.165) is 0 Å². The Labute approximate surface area is 185 Å². The van der Waals surface area contributed by atoms with Crippen LogP contribution in [0.1, 0.15) is 17.2 Å². The lowest BCUT2D eigenvalue weighted by Gasteiger charge is -2.26. The number of halogens is 1. The highest BCUT2D eigenvalue weighted by Crippen LogP contribution is 2.41. The number of likely N-dealkylation sites (N-methyl/N-ethyl adjacent to an activating group) is 1. The van der Waals surface area contributed by atoms with Crippen molar-refractivity contribution in [1.29, 1.82) is 0 Å². The molecule has 2 aromatic rings. The number of carbonyl (C=O) groups is 2. The van der Waals surface area contributed by atoms with E-state index in [1.807, 2.05) is 19.0 Å². The first-order chi connectivity index (χ1) is 14.9. The standard InChI is InChI=1S/C23H23ClN2O5/c1-25(2)8-9-26-20(14-4-3-5-16(24)12-14)19(22(28)23(26)29)21(27)15-6-7-17-18(13-15)31-11-10-30-17/h3-7,12-13,20,27H,8-11H2,1-2H3/b21-19-. The normalized spacial score (nSPS) is 19.9. The van der Waals surface area contributed by atoms with Crippen LogP contribution in [-0.2, 0) is 9.59 Å². The smallest absolute Gasteiger partial charge is 0.295 e. The maximum absolute atomic E-state index is 13.0.